The standard InChI is InChI=1S/C21H26ClN5O3/c1-6-30-10-9-25-19(28)17-18(24(5)21(25)29)23-20-26(13(3)14(4)27(17)20)15-8-7-12(2)16(22)11-15/h7-8,11,17-18H,6,9-10H2,1-5H3. The number of ether oxygens (including phenoxy) is 1. The number of halogens is 1. The monoisotopic (exact) mass is 431 g/mol. The summed E-state index contributed by atoms with van der Waals surface area (Å²) in [7, 11) is 1.69. The van der Waals surface area contributed by atoms with E-state index in [0.29, 0.717) is 24.2 Å². The molecule has 0 aromatic heterocycles. The van der Waals surface area contributed by atoms with Crippen molar-refractivity contribution in [3.8, 4) is 0 Å². The van der Waals surface area contributed by atoms with Gasteiger partial charge < -0.3 is 9.64 Å². The van der Waals surface area contributed by atoms with Gasteiger partial charge in [0, 0.05) is 30.1 Å². The number of carbonyl (C=O) groups excluding carboxylic acids is 2. The van der Waals surface area contributed by atoms with Crippen molar-refractivity contribution in [1.82, 2.24) is 14.7 Å². The summed E-state index contributed by atoms with van der Waals surface area (Å²) in [5.74, 6) is 0.386. The number of hydrogen-bond acceptors (Lipinski definition) is 6. The second-order valence-electron chi connectivity index (χ2n) is 7.68. The zero-order valence-corrected chi connectivity index (χ0v) is 18.6. The number of anilines is 1. The number of guanidine groups is 1. The first-order chi connectivity index (χ1) is 14.3. The number of rotatable bonds is 5. The fourth-order valence-corrected chi connectivity index (χ4v) is 4.32. The molecule has 1 aromatic carbocycles. The third-order valence-electron chi connectivity index (χ3n) is 5.97. The molecule has 0 aliphatic carbocycles. The highest BCUT2D eigenvalue weighted by Gasteiger charge is 2.55. The SMILES string of the molecule is CCOCCN1C(=O)C2C(N=C3N(c4ccc(C)c(Cl)c4)C(C)=C(C)N32)N(C)C1=O. The van der Waals surface area contributed by atoms with E-state index in [2.05, 4.69) is 0 Å². The first-order valence-electron chi connectivity index (χ1n) is 10.0. The lowest BCUT2D eigenvalue weighted by Crippen LogP contribution is -2.65. The summed E-state index contributed by atoms with van der Waals surface area (Å²) >= 11 is 6.36. The van der Waals surface area contributed by atoms with Crippen LogP contribution in [0.3, 0.4) is 0 Å². The van der Waals surface area contributed by atoms with Crippen LogP contribution < -0.4 is 4.90 Å². The predicted molar refractivity (Wildman–Crippen MR) is 115 cm³/mol. The Morgan fingerprint density at radius 1 is 1.17 bits per heavy atom. The largest absolute Gasteiger partial charge is 0.380 e. The number of carbonyl (C=O) groups is 2. The summed E-state index contributed by atoms with van der Waals surface area (Å²) in [6.07, 6.45) is -0.574. The van der Waals surface area contributed by atoms with E-state index in [-0.39, 0.29) is 18.5 Å². The van der Waals surface area contributed by atoms with Gasteiger partial charge in [0.25, 0.3) is 5.91 Å². The van der Waals surface area contributed by atoms with Crippen molar-refractivity contribution >= 4 is 35.2 Å². The van der Waals surface area contributed by atoms with E-state index in [4.69, 9.17) is 21.3 Å². The second-order valence-corrected chi connectivity index (χ2v) is 8.08. The van der Waals surface area contributed by atoms with Crippen LogP contribution in [0.15, 0.2) is 34.6 Å². The lowest BCUT2D eigenvalue weighted by atomic mass is 10.1. The van der Waals surface area contributed by atoms with E-state index in [0.717, 1.165) is 22.6 Å². The van der Waals surface area contributed by atoms with Crippen LogP contribution in [0, 0.1) is 6.92 Å². The molecular weight excluding hydrogens is 406 g/mol. The molecule has 3 aliphatic heterocycles. The number of imide groups is 1. The maximum atomic E-state index is 13.3. The van der Waals surface area contributed by atoms with E-state index >= 15 is 0 Å². The van der Waals surface area contributed by atoms with E-state index in [1.165, 1.54) is 9.80 Å². The van der Waals surface area contributed by atoms with Gasteiger partial charge in [-0.15, -0.1) is 0 Å². The zero-order valence-electron chi connectivity index (χ0n) is 17.8. The summed E-state index contributed by atoms with van der Waals surface area (Å²) in [5, 5.41) is 0.665. The average Bonchev–Trinajstić information content (AvgIpc) is 3.21. The number of nitrogens with zero attached hydrogens (tertiary/aromatic N) is 5. The van der Waals surface area contributed by atoms with Crippen molar-refractivity contribution in [2.24, 2.45) is 4.99 Å². The molecule has 0 radical (unpaired) electrons. The van der Waals surface area contributed by atoms with Gasteiger partial charge in [-0.05, 0) is 45.4 Å². The Labute approximate surface area is 181 Å². The van der Waals surface area contributed by atoms with Crippen molar-refractivity contribution in [2.45, 2.75) is 39.9 Å². The van der Waals surface area contributed by atoms with Crippen LogP contribution in [0.5, 0.6) is 0 Å². The van der Waals surface area contributed by atoms with E-state index in [9.17, 15) is 9.59 Å². The fraction of sp³-hybridized carbons (Fsp3) is 0.476. The Morgan fingerprint density at radius 2 is 1.90 bits per heavy atom. The van der Waals surface area contributed by atoms with E-state index in [1.807, 2.05) is 55.7 Å². The molecule has 2 atom stereocenters. The van der Waals surface area contributed by atoms with Crippen LogP contribution in [0.2, 0.25) is 5.02 Å². The van der Waals surface area contributed by atoms with Crippen LogP contribution in [-0.4, -0.2) is 71.6 Å². The molecule has 160 valence electrons. The minimum absolute atomic E-state index is 0.223. The quantitative estimate of drug-likeness (QED) is 0.670. The zero-order chi connectivity index (χ0) is 21.7. The number of allylic oxidation sites excluding steroid dienone is 2. The first kappa shape index (κ1) is 20.7. The molecule has 4 rings (SSSR count). The highest BCUT2D eigenvalue weighted by molar-refractivity contribution is 6.31. The molecule has 0 bridgehead atoms. The molecule has 1 fully saturated rings. The maximum Gasteiger partial charge on any atom is 0.328 e. The third-order valence-corrected chi connectivity index (χ3v) is 6.38. The molecule has 3 amide bonds. The summed E-state index contributed by atoms with van der Waals surface area (Å²) in [5.41, 5.74) is 3.76. The smallest absolute Gasteiger partial charge is 0.328 e. The number of benzene rings is 1. The van der Waals surface area contributed by atoms with Gasteiger partial charge in [0.15, 0.2) is 12.2 Å². The van der Waals surface area contributed by atoms with Crippen molar-refractivity contribution in [3.05, 3.63) is 40.2 Å². The summed E-state index contributed by atoms with van der Waals surface area (Å²) in [6, 6.07) is 4.89. The van der Waals surface area contributed by atoms with Crippen molar-refractivity contribution in [2.75, 3.05) is 31.7 Å². The minimum atomic E-state index is -0.592. The van der Waals surface area contributed by atoms with Gasteiger partial charge in [-0.2, -0.15) is 0 Å². The van der Waals surface area contributed by atoms with Crippen LogP contribution >= 0.6 is 11.6 Å². The van der Waals surface area contributed by atoms with E-state index in [1.54, 1.807) is 7.05 Å². The molecule has 8 nitrogen and oxygen atoms in total. The first-order valence-corrected chi connectivity index (χ1v) is 10.4. The second kappa shape index (κ2) is 7.59. The van der Waals surface area contributed by atoms with Crippen molar-refractivity contribution in [3.63, 3.8) is 0 Å². The Kier molecular flexibility index (Phi) is 5.23. The maximum absolute atomic E-state index is 13.3. The summed E-state index contributed by atoms with van der Waals surface area (Å²) in [6.45, 7) is 8.87. The average molecular weight is 432 g/mol. The topological polar surface area (TPSA) is 68.7 Å². The molecule has 9 heteroatoms. The normalized spacial score (nSPS) is 23.5. The van der Waals surface area contributed by atoms with Crippen molar-refractivity contribution in [1.29, 1.82) is 0 Å². The van der Waals surface area contributed by atoms with Gasteiger partial charge in [-0.1, -0.05) is 17.7 Å². The molecule has 30 heavy (non-hydrogen) atoms. The fourth-order valence-electron chi connectivity index (χ4n) is 4.15. The van der Waals surface area contributed by atoms with Crippen molar-refractivity contribution < 1.29 is 14.3 Å². The van der Waals surface area contributed by atoms with Crippen LogP contribution in [-0.2, 0) is 9.53 Å². The molecule has 0 saturated carbocycles. The van der Waals surface area contributed by atoms with Gasteiger partial charge in [-0.25, -0.2) is 9.79 Å². The number of fused-ring (bicyclic) bond motifs is 3. The number of likely N-dealkylation sites (N-methyl/N-ethyl adjacent to an activating group) is 1. The molecule has 1 saturated heterocycles. The highest BCUT2D eigenvalue weighted by Crippen LogP contribution is 2.40. The molecule has 0 spiro atoms. The van der Waals surface area contributed by atoms with Gasteiger partial charge in [-0.3, -0.25) is 19.5 Å². The van der Waals surface area contributed by atoms with Crippen LogP contribution in [0.25, 0.3) is 0 Å². The lowest BCUT2D eigenvalue weighted by molar-refractivity contribution is -0.137. The summed E-state index contributed by atoms with van der Waals surface area (Å²) < 4.78 is 5.36. The molecule has 2 unspecified atom stereocenters. The van der Waals surface area contributed by atoms with E-state index < -0.39 is 12.2 Å². The number of amides is 3. The van der Waals surface area contributed by atoms with Crippen LogP contribution in [0.1, 0.15) is 26.3 Å². The number of urea groups is 1. The Morgan fingerprint density at radius 3 is 2.57 bits per heavy atom. The van der Waals surface area contributed by atoms with Gasteiger partial charge in [0.05, 0.1) is 18.8 Å². The summed E-state index contributed by atoms with van der Waals surface area (Å²) in [4.78, 5) is 37.7. The molecular formula is C21H26ClN5O3. The Balaban J connectivity index is 1.71. The molecule has 1 aromatic rings. The van der Waals surface area contributed by atoms with Gasteiger partial charge in [0.2, 0.25) is 5.96 Å². The van der Waals surface area contributed by atoms with Gasteiger partial charge >= 0.3 is 6.03 Å². The highest BCUT2D eigenvalue weighted by atomic mass is 35.5. The number of hydrogen-bond donors (Lipinski definition) is 0. The predicted octanol–water partition coefficient (Wildman–Crippen LogP) is 3.02. The number of aliphatic imine (C=N–C) groups is 1. The van der Waals surface area contributed by atoms with Crippen LogP contribution in [0.4, 0.5) is 10.5 Å². The molecule has 0 N–H and O–H groups in total. The minimum Gasteiger partial charge on any atom is -0.380 e. The Hall–Kier alpha value is -2.58. The molecule has 3 aliphatic rings. The third kappa shape index (κ3) is 2.97. The van der Waals surface area contributed by atoms with Gasteiger partial charge in [0.1, 0.15) is 0 Å². The number of aryl methyl sites for hydroxylation is 1. The lowest BCUT2D eigenvalue weighted by Gasteiger charge is -2.40. The Bertz CT molecular complexity index is 975. The molecule has 3 heterocycles.